The van der Waals surface area contributed by atoms with Gasteiger partial charge in [0.05, 0.1) is 6.54 Å². The molecule has 24 heavy (non-hydrogen) atoms. The van der Waals surface area contributed by atoms with Crippen molar-refractivity contribution in [2.45, 2.75) is 46.6 Å². The fraction of sp³-hybridized carbons (Fsp3) is 0.765. The van der Waals surface area contributed by atoms with Crippen molar-refractivity contribution in [2.24, 2.45) is 10.9 Å². The molecule has 0 aromatic carbocycles. The fourth-order valence-corrected chi connectivity index (χ4v) is 3.68. The molecule has 1 atom stereocenters. The number of aromatic nitrogens is 1. The summed E-state index contributed by atoms with van der Waals surface area (Å²) >= 11 is 1.76. The maximum Gasteiger partial charge on any atom is 0.191 e. The van der Waals surface area contributed by atoms with Crippen molar-refractivity contribution in [2.75, 3.05) is 32.7 Å². The van der Waals surface area contributed by atoms with Crippen molar-refractivity contribution in [3.63, 3.8) is 0 Å². The second kappa shape index (κ2) is 12.0. The molecule has 0 aliphatic carbocycles. The fourth-order valence-electron chi connectivity index (χ4n) is 2.90. The first-order chi connectivity index (χ1) is 11.2. The van der Waals surface area contributed by atoms with Crippen LogP contribution < -0.4 is 10.6 Å². The molecule has 0 spiro atoms. The highest BCUT2D eigenvalue weighted by atomic mass is 127. The first-order valence-corrected chi connectivity index (χ1v) is 9.71. The molecule has 1 aliphatic rings. The quantitative estimate of drug-likeness (QED) is 0.369. The number of aryl methyl sites for hydroxylation is 1. The van der Waals surface area contributed by atoms with Gasteiger partial charge in [-0.2, -0.15) is 0 Å². The third kappa shape index (κ3) is 7.65. The predicted octanol–water partition coefficient (Wildman–Crippen LogP) is 3.11. The topological polar surface area (TPSA) is 52.6 Å². The van der Waals surface area contributed by atoms with E-state index in [-0.39, 0.29) is 24.0 Å². The zero-order valence-corrected chi connectivity index (χ0v) is 18.3. The van der Waals surface area contributed by atoms with E-state index in [1.807, 2.05) is 6.20 Å². The zero-order chi connectivity index (χ0) is 16.5. The highest BCUT2D eigenvalue weighted by Crippen LogP contribution is 2.15. The summed E-state index contributed by atoms with van der Waals surface area (Å²) in [5.41, 5.74) is 0. The Balaban J connectivity index is 0.00000288. The largest absolute Gasteiger partial charge is 0.357 e. The van der Waals surface area contributed by atoms with Crippen LogP contribution in [0.3, 0.4) is 0 Å². The standard InChI is InChI=1S/C17H31N5S.HI/c1-4-15-11-20-16(23-15)12-21-17(18-5-2)19-8-10-22-9-6-7-14(3)13-22;/h11,14H,4-10,12-13H2,1-3H3,(H2,18,19,21);1H. The van der Waals surface area contributed by atoms with Crippen molar-refractivity contribution in [3.8, 4) is 0 Å². The SMILES string of the molecule is CCNC(=NCc1ncc(CC)s1)NCCN1CCCC(C)C1.I. The Morgan fingerprint density at radius 3 is 2.92 bits per heavy atom. The van der Waals surface area contributed by atoms with Crippen molar-refractivity contribution in [1.29, 1.82) is 0 Å². The van der Waals surface area contributed by atoms with Gasteiger partial charge in [-0.15, -0.1) is 35.3 Å². The summed E-state index contributed by atoms with van der Waals surface area (Å²) in [5.74, 6) is 1.73. The second-order valence-corrected chi connectivity index (χ2v) is 7.44. The molecule has 1 saturated heterocycles. The smallest absolute Gasteiger partial charge is 0.191 e. The minimum atomic E-state index is 0. The van der Waals surface area contributed by atoms with Gasteiger partial charge in [0.1, 0.15) is 5.01 Å². The van der Waals surface area contributed by atoms with Gasteiger partial charge < -0.3 is 15.5 Å². The molecule has 1 aliphatic heterocycles. The number of piperidine rings is 1. The number of halogens is 1. The van der Waals surface area contributed by atoms with Crippen LogP contribution in [-0.2, 0) is 13.0 Å². The van der Waals surface area contributed by atoms with E-state index < -0.39 is 0 Å². The summed E-state index contributed by atoms with van der Waals surface area (Å²) in [6.07, 6.45) is 5.72. The Morgan fingerprint density at radius 1 is 1.42 bits per heavy atom. The average Bonchev–Trinajstić information content (AvgIpc) is 3.01. The Kier molecular flexibility index (Phi) is 10.8. The number of hydrogen-bond acceptors (Lipinski definition) is 4. The highest BCUT2D eigenvalue weighted by molar-refractivity contribution is 14.0. The van der Waals surface area contributed by atoms with Gasteiger partial charge in [0, 0.05) is 37.3 Å². The predicted molar refractivity (Wildman–Crippen MR) is 115 cm³/mol. The Bertz CT molecular complexity index is 491. The molecular weight excluding hydrogens is 433 g/mol. The van der Waals surface area contributed by atoms with E-state index in [2.05, 4.69) is 46.3 Å². The van der Waals surface area contributed by atoms with Gasteiger partial charge >= 0.3 is 0 Å². The van der Waals surface area contributed by atoms with E-state index in [0.29, 0.717) is 6.54 Å². The number of rotatable bonds is 7. The van der Waals surface area contributed by atoms with E-state index in [1.54, 1.807) is 11.3 Å². The maximum atomic E-state index is 4.65. The first kappa shape index (κ1) is 21.6. The maximum absolute atomic E-state index is 4.65. The summed E-state index contributed by atoms with van der Waals surface area (Å²) in [6, 6.07) is 0. The van der Waals surface area contributed by atoms with E-state index in [0.717, 1.165) is 42.9 Å². The van der Waals surface area contributed by atoms with Crippen LogP contribution in [0.5, 0.6) is 0 Å². The Labute approximate surface area is 167 Å². The molecule has 1 fully saturated rings. The van der Waals surface area contributed by atoms with Crippen LogP contribution in [0.15, 0.2) is 11.2 Å². The minimum Gasteiger partial charge on any atom is -0.357 e. The van der Waals surface area contributed by atoms with Gasteiger partial charge in [-0.1, -0.05) is 13.8 Å². The molecule has 2 heterocycles. The van der Waals surface area contributed by atoms with Gasteiger partial charge in [0.15, 0.2) is 5.96 Å². The van der Waals surface area contributed by atoms with Crippen LogP contribution in [0.1, 0.15) is 43.5 Å². The summed E-state index contributed by atoms with van der Waals surface area (Å²) in [4.78, 5) is 13.0. The lowest BCUT2D eigenvalue weighted by molar-refractivity contribution is 0.187. The first-order valence-electron chi connectivity index (χ1n) is 8.89. The molecule has 0 saturated carbocycles. The molecule has 5 nitrogen and oxygen atoms in total. The van der Waals surface area contributed by atoms with Gasteiger partial charge in [-0.25, -0.2) is 9.98 Å². The molecule has 0 radical (unpaired) electrons. The van der Waals surface area contributed by atoms with Crippen molar-refractivity contribution >= 4 is 41.3 Å². The lowest BCUT2D eigenvalue weighted by atomic mass is 10.0. The van der Waals surface area contributed by atoms with Gasteiger partial charge in [0.25, 0.3) is 0 Å². The highest BCUT2D eigenvalue weighted by Gasteiger charge is 2.15. The van der Waals surface area contributed by atoms with Crippen molar-refractivity contribution < 1.29 is 0 Å². The van der Waals surface area contributed by atoms with Crippen LogP contribution in [0.25, 0.3) is 0 Å². The molecule has 0 amide bonds. The molecule has 138 valence electrons. The van der Waals surface area contributed by atoms with Crippen LogP contribution in [-0.4, -0.2) is 48.6 Å². The lowest BCUT2D eigenvalue weighted by Crippen LogP contribution is -2.43. The van der Waals surface area contributed by atoms with Crippen LogP contribution in [0.2, 0.25) is 0 Å². The lowest BCUT2D eigenvalue weighted by Gasteiger charge is -2.30. The minimum absolute atomic E-state index is 0. The summed E-state index contributed by atoms with van der Waals surface area (Å²) in [6.45, 7) is 12.6. The molecule has 1 aromatic heterocycles. The molecule has 7 heteroatoms. The molecule has 0 bridgehead atoms. The third-order valence-corrected chi connectivity index (χ3v) is 5.25. The number of nitrogens with zero attached hydrogens (tertiary/aromatic N) is 3. The van der Waals surface area contributed by atoms with E-state index in [4.69, 9.17) is 0 Å². The summed E-state index contributed by atoms with van der Waals surface area (Å²) in [7, 11) is 0. The van der Waals surface area contributed by atoms with Gasteiger partial charge in [0.2, 0.25) is 0 Å². The van der Waals surface area contributed by atoms with E-state index in [9.17, 15) is 0 Å². The van der Waals surface area contributed by atoms with Crippen molar-refractivity contribution in [1.82, 2.24) is 20.5 Å². The van der Waals surface area contributed by atoms with E-state index >= 15 is 0 Å². The van der Waals surface area contributed by atoms with Gasteiger partial charge in [-0.05, 0) is 38.6 Å². The zero-order valence-electron chi connectivity index (χ0n) is 15.2. The number of nitrogens with one attached hydrogen (secondary N) is 2. The second-order valence-electron chi connectivity index (χ2n) is 6.24. The van der Waals surface area contributed by atoms with Crippen LogP contribution >= 0.6 is 35.3 Å². The van der Waals surface area contributed by atoms with Crippen molar-refractivity contribution in [3.05, 3.63) is 16.1 Å². The van der Waals surface area contributed by atoms with Crippen LogP contribution in [0, 0.1) is 5.92 Å². The third-order valence-electron chi connectivity index (χ3n) is 4.13. The number of guanidine groups is 1. The Hall–Kier alpha value is -0.410. The normalized spacial score (nSPS) is 19.0. The number of aliphatic imine (C=N–C) groups is 1. The molecule has 2 rings (SSSR count). The average molecular weight is 465 g/mol. The number of likely N-dealkylation sites (tertiary alicyclic amines) is 1. The molecule has 1 aromatic rings. The number of thiazole rings is 1. The molecular formula is C17H32IN5S. The van der Waals surface area contributed by atoms with E-state index in [1.165, 1.54) is 30.8 Å². The van der Waals surface area contributed by atoms with Gasteiger partial charge in [-0.3, -0.25) is 0 Å². The molecule has 2 N–H and O–H groups in total. The monoisotopic (exact) mass is 465 g/mol. The Morgan fingerprint density at radius 2 is 2.25 bits per heavy atom. The van der Waals surface area contributed by atoms with Crippen LogP contribution in [0.4, 0.5) is 0 Å². The summed E-state index contributed by atoms with van der Waals surface area (Å²) < 4.78 is 0. The molecule has 1 unspecified atom stereocenters. The number of hydrogen-bond donors (Lipinski definition) is 2. The summed E-state index contributed by atoms with van der Waals surface area (Å²) in [5, 5.41) is 7.85.